The quantitative estimate of drug-likeness (QED) is 0.932. The van der Waals surface area contributed by atoms with Gasteiger partial charge in [-0.15, -0.1) is 0 Å². The number of benzene rings is 2. The number of ether oxygens (including phenoxy) is 2. The van der Waals surface area contributed by atoms with Gasteiger partial charge in [0, 0.05) is 0 Å². The van der Waals surface area contributed by atoms with Crippen LogP contribution in [0.5, 0.6) is 11.5 Å². The Bertz CT molecular complexity index is 627. The first kappa shape index (κ1) is 15.4. The molecule has 0 radical (unpaired) electrons. The van der Waals surface area contributed by atoms with Crippen LogP contribution >= 0.6 is 0 Å². The van der Waals surface area contributed by atoms with Gasteiger partial charge in [0.15, 0.2) is 0 Å². The van der Waals surface area contributed by atoms with E-state index in [1.807, 2.05) is 32.9 Å². The zero-order valence-electron chi connectivity index (χ0n) is 13.4. The van der Waals surface area contributed by atoms with E-state index in [1.165, 1.54) is 0 Å². The Morgan fingerprint density at radius 2 is 1.43 bits per heavy atom. The summed E-state index contributed by atoms with van der Waals surface area (Å²) in [7, 11) is 3.37. The van der Waals surface area contributed by atoms with Crippen molar-refractivity contribution in [3.05, 3.63) is 58.1 Å². The molecular formula is C18H23NO2. The minimum absolute atomic E-state index is 0.178. The highest BCUT2D eigenvalue weighted by atomic mass is 16.5. The van der Waals surface area contributed by atoms with Gasteiger partial charge < -0.3 is 15.2 Å². The van der Waals surface area contributed by atoms with Crippen LogP contribution in [-0.2, 0) is 0 Å². The van der Waals surface area contributed by atoms with Crippen molar-refractivity contribution in [1.82, 2.24) is 0 Å². The average molecular weight is 285 g/mol. The first-order valence-electron chi connectivity index (χ1n) is 7.03. The van der Waals surface area contributed by atoms with Crippen LogP contribution in [0.25, 0.3) is 0 Å². The summed E-state index contributed by atoms with van der Waals surface area (Å²) in [6.07, 6.45) is 0. The predicted molar refractivity (Wildman–Crippen MR) is 86.2 cm³/mol. The van der Waals surface area contributed by atoms with Gasteiger partial charge in [-0.1, -0.05) is 24.3 Å². The first-order valence-corrected chi connectivity index (χ1v) is 7.03. The number of methoxy groups -OCH3 is 2. The summed E-state index contributed by atoms with van der Waals surface area (Å²) in [5, 5.41) is 0. The van der Waals surface area contributed by atoms with Gasteiger partial charge in [0.1, 0.15) is 11.5 Å². The van der Waals surface area contributed by atoms with Gasteiger partial charge in [-0.25, -0.2) is 0 Å². The highest BCUT2D eigenvalue weighted by molar-refractivity contribution is 5.47. The van der Waals surface area contributed by atoms with Crippen molar-refractivity contribution in [3.8, 4) is 11.5 Å². The molecule has 112 valence electrons. The largest absolute Gasteiger partial charge is 0.496 e. The van der Waals surface area contributed by atoms with Crippen molar-refractivity contribution < 1.29 is 9.47 Å². The monoisotopic (exact) mass is 285 g/mol. The first-order chi connectivity index (χ1) is 9.97. The van der Waals surface area contributed by atoms with E-state index >= 15 is 0 Å². The van der Waals surface area contributed by atoms with E-state index < -0.39 is 0 Å². The van der Waals surface area contributed by atoms with E-state index in [0.29, 0.717) is 0 Å². The molecular weight excluding hydrogens is 262 g/mol. The molecule has 0 spiro atoms. The molecule has 0 saturated heterocycles. The van der Waals surface area contributed by atoms with Crippen molar-refractivity contribution in [2.24, 2.45) is 5.73 Å². The fourth-order valence-corrected chi connectivity index (χ4v) is 2.71. The van der Waals surface area contributed by atoms with Crippen LogP contribution in [-0.4, -0.2) is 14.2 Å². The lowest BCUT2D eigenvalue weighted by atomic mass is 9.95. The number of hydrogen-bond acceptors (Lipinski definition) is 3. The van der Waals surface area contributed by atoms with Crippen molar-refractivity contribution in [2.45, 2.75) is 26.8 Å². The molecule has 2 aromatic rings. The standard InChI is InChI=1S/C18H23NO2/c1-11-6-7-14(10-16(11)20-4)17(19)15-8-12(2)18(21-5)13(3)9-15/h6-10,17H,19H2,1-5H3. The highest BCUT2D eigenvalue weighted by Crippen LogP contribution is 2.30. The molecule has 0 aliphatic rings. The van der Waals surface area contributed by atoms with Crippen LogP contribution in [0.4, 0.5) is 0 Å². The van der Waals surface area contributed by atoms with Gasteiger partial charge in [-0.05, 0) is 54.7 Å². The fraction of sp³-hybridized carbons (Fsp3) is 0.333. The summed E-state index contributed by atoms with van der Waals surface area (Å²) in [5.41, 5.74) is 11.9. The molecule has 0 heterocycles. The lowest BCUT2D eigenvalue weighted by Gasteiger charge is -2.18. The van der Waals surface area contributed by atoms with E-state index in [2.05, 4.69) is 18.2 Å². The molecule has 0 aliphatic carbocycles. The number of rotatable bonds is 4. The van der Waals surface area contributed by atoms with Crippen LogP contribution < -0.4 is 15.2 Å². The summed E-state index contributed by atoms with van der Waals surface area (Å²) in [5.74, 6) is 1.79. The van der Waals surface area contributed by atoms with Gasteiger partial charge in [-0.3, -0.25) is 0 Å². The van der Waals surface area contributed by atoms with Gasteiger partial charge in [0.05, 0.1) is 20.3 Å². The Kier molecular flexibility index (Phi) is 4.53. The number of hydrogen-bond donors (Lipinski definition) is 1. The predicted octanol–water partition coefficient (Wildman–Crippen LogP) is 3.68. The van der Waals surface area contributed by atoms with Gasteiger partial charge in [0.2, 0.25) is 0 Å². The Morgan fingerprint density at radius 1 is 0.810 bits per heavy atom. The maximum atomic E-state index is 6.42. The molecule has 0 amide bonds. The van der Waals surface area contributed by atoms with Crippen LogP contribution in [0, 0.1) is 20.8 Å². The van der Waals surface area contributed by atoms with E-state index in [0.717, 1.165) is 39.3 Å². The second-order valence-electron chi connectivity index (χ2n) is 5.39. The molecule has 2 aromatic carbocycles. The third-order valence-corrected chi connectivity index (χ3v) is 3.84. The normalized spacial score (nSPS) is 12.1. The van der Waals surface area contributed by atoms with E-state index in [1.54, 1.807) is 14.2 Å². The van der Waals surface area contributed by atoms with Crippen molar-refractivity contribution in [1.29, 1.82) is 0 Å². The maximum Gasteiger partial charge on any atom is 0.124 e. The van der Waals surface area contributed by atoms with Crippen LogP contribution in [0.3, 0.4) is 0 Å². The van der Waals surface area contributed by atoms with Crippen LogP contribution in [0.2, 0.25) is 0 Å². The second kappa shape index (κ2) is 6.19. The summed E-state index contributed by atoms with van der Waals surface area (Å²) in [6, 6.07) is 10.1. The fourth-order valence-electron chi connectivity index (χ4n) is 2.71. The van der Waals surface area contributed by atoms with Crippen molar-refractivity contribution in [3.63, 3.8) is 0 Å². The van der Waals surface area contributed by atoms with E-state index in [9.17, 15) is 0 Å². The second-order valence-corrected chi connectivity index (χ2v) is 5.39. The number of aryl methyl sites for hydroxylation is 3. The highest BCUT2D eigenvalue weighted by Gasteiger charge is 2.14. The zero-order valence-corrected chi connectivity index (χ0v) is 13.4. The van der Waals surface area contributed by atoms with E-state index in [-0.39, 0.29) is 6.04 Å². The van der Waals surface area contributed by atoms with Crippen LogP contribution in [0.1, 0.15) is 33.9 Å². The molecule has 21 heavy (non-hydrogen) atoms. The molecule has 3 heteroatoms. The molecule has 0 aromatic heterocycles. The zero-order chi connectivity index (χ0) is 15.6. The summed E-state index contributed by atoms with van der Waals surface area (Å²) < 4.78 is 10.8. The Morgan fingerprint density at radius 3 is 1.95 bits per heavy atom. The average Bonchev–Trinajstić information content (AvgIpc) is 2.46. The Hall–Kier alpha value is -2.00. The third-order valence-electron chi connectivity index (χ3n) is 3.84. The SMILES string of the molecule is COc1cc(C(N)c2cc(C)c(OC)c(C)c2)ccc1C. The minimum atomic E-state index is -0.178. The molecule has 0 saturated carbocycles. The summed E-state index contributed by atoms with van der Waals surface area (Å²) >= 11 is 0. The number of nitrogens with two attached hydrogens (primary N) is 1. The molecule has 0 bridgehead atoms. The minimum Gasteiger partial charge on any atom is -0.496 e. The lowest BCUT2D eigenvalue weighted by Crippen LogP contribution is -2.13. The molecule has 2 rings (SSSR count). The molecule has 0 fully saturated rings. The topological polar surface area (TPSA) is 44.5 Å². The molecule has 0 aliphatic heterocycles. The molecule has 3 nitrogen and oxygen atoms in total. The van der Waals surface area contributed by atoms with Gasteiger partial charge in [-0.2, -0.15) is 0 Å². The van der Waals surface area contributed by atoms with E-state index in [4.69, 9.17) is 15.2 Å². The smallest absolute Gasteiger partial charge is 0.124 e. The van der Waals surface area contributed by atoms with Gasteiger partial charge in [0.25, 0.3) is 0 Å². The summed E-state index contributed by atoms with van der Waals surface area (Å²) in [6.45, 7) is 6.10. The van der Waals surface area contributed by atoms with Crippen LogP contribution in [0.15, 0.2) is 30.3 Å². The molecule has 2 N–H and O–H groups in total. The van der Waals surface area contributed by atoms with Gasteiger partial charge >= 0.3 is 0 Å². The molecule has 1 unspecified atom stereocenters. The third kappa shape index (κ3) is 3.03. The van der Waals surface area contributed by atoms with Crippen molar-refractivity contribution >= 4 is 0 Å². The summed E-state index contributed by atoms with van der Waals surface area (Å²) in [4.78, 5) is 0. The maximum absolute atomic E-state index is 6.42. The molecule has 1 atom stereocenters. The Labute approximate surface area is 126 Å². The lowest BCUT2D eigenvalue weighted by molar-refractivity contribution is 0.408. The Balaban J connectivity index is 2.42. The van der Waals surface area contributed by atoms with Crippen molar-refractivity contribution in [2.75, 3.05) is 14.2 Å².